The van der Waals surface area contributed by atoms with Crippen LogP contribution >= 0.6 is 0 Å². The van der Waals surface area contributed by atoms with E-state index in [0.717, 1.165) is 30.4 Å². The molecule has 4 heteroatoms. The second-order valence-corrected chi connectivity index (χ2v) is 6.31. The molecule has 0 heterocycles. The Morgan fingerprint density at radius 1 is 1.04 bits per heavy atom. The predicted octanol–water partition coefficient (Wildman–Crippen LogP) is 4.22. The largest absolute Gasteiger partial charge is 0.426 e. The maximum absolute atomic E-state index is 11.3. The summed E-state index contributed by atoms with van der Waals surface area (Å²) < 4.78 is 10.7. The zero-order valence-corrected chi connectivity index (χ0v) is 14.3. The first kappa shape index (κ1) is 17.5. The van der Waals surface area contributed by atoms with E-state index in [1.165, 1.54) is 39.5 Å². The van der Waals surface area contributed by atoms with E-state index in [1.54, 1.807) is 12.1 Å². The second-order valence-electron chi connectivity index (χ2n) is 6.31. The molecule has 1 aliphatic carbocycles. The van der Waals surface area contributed by atoms with Crippen LogP contribution in [0.4, 0.5) is 0 Å². The highest BCUT2D eigenvalue weighted by atomic mass is 16.5. The zero-order chi connectivity index (χ0) is 16.8. The molecule has 0 bridgehead atoms. The fraction of sp³-hybridized carbons (Fsp3) is 0.579. The zero-order valence-electron chi connectivity index (χ0n) is 14.3. The molecule has 0 amide bonds. The molecule has 4 nitrogen and oxygen atoms in total. The molecule has 0 radical (unpaired) electrons. The van der Waals surface area contributed by atoms with E-state index in [-0.39, 0.29) is 11.9 Å². The molecule has 1 atom stereocenters. The monoisotopic (exact) mass is 318 g/mol. The highest BCUT2D eigenvalue weighted by Crippen LogP contribution is 2.39. The maximum Gasteiger partial charge on any atom is 0.308 e. The lowest BCUT2D eigenvalue weighted by atomic mass is 9.80. The van der Waals surface area contributed by atoms with Crippen molar-refractivity contribution in [1.82, 2.24) is 0 Å². The van der Waals surface area contributed by atoms with Crippen LogP contribution in [0, 0.1) is 5.92 Å². The molecule has 0 N–H and O–H groups in total. The number of ether oxygens (including phenoxy) is 2. The van der Waals surface area contributed by atoms with Crippen LogP contribution in [0.3, 0.4) is 0 Å². The first-order valence-electron chi connectivity index (χ1n) is 8.52. The molecule has 0 aliphatic heterocycles. The van der Waals surface area contributed by atoms with Crippen molar-refractivity contribution in [3.8, 4) is 11.5 Å². The number of benzene rings is 1. The first-order valence-corrected chi connectivity index (χ1v) is 8.52. The number of carbonyl (C=O) groups is 2. The number of rotatable bonds is 6. The molecule has 1 aromatic carbocycles. The average molecular weight is 318 g/mol. The van der Waals surface area contributed by atoms with Crippen LogP contribution < -0.4 is 9.47 Å². The van der Waals surface area contributed by atoms with Gasteiger partial charge in [-0.05, 0) is 37.3 Å². The van der Waals surface area contributed by atoms with Gasteiger partial charge < -0.3 is 9.47 Å². The van der Waals surface area contributed by atoms with Gasteiger partial charge in [-0.1, -0.05) is 32.6 Å². The smallest absolute Gasteiger partial charge is 0.308 e. The van der Waals surface area contributed by atoms with E-state index in [0.29, 0.717) is 17.4 Å². The molecule has 1 unspecified atom stereocenters. The van der Waals surface area contributed by atoms with Crippen LogP contribution in [0.5, 0.6) is 11.5 Å². The van der Waals surface area contributed by atoms with E-state index >= 15 is 0 Å². The molecule has 0 aromatic heterocycles. The van der Waals surface area contributed by atoms with Gasteiger partial charge in [0.2, 0.25) is 0 Å². The van der Waals surface area contributed by atoms with Crippen molar-refractivity contribution in [2.75, 3.05) is 0 Å². The number of hydrogen-bond acceptors (Lipinski definition) is 4. The lowest BCUT2D eigenvalue weighted by Crippen LogP contribution is -2.18. The van der Waals surface area contributed by atoms with Crippen LogP contribution in [0.15, 0.2) is 12.1 Å². The van der Waals surface area contributed by atoms with Gasteiger partial charge in [0.15, 0.2) is 0 Å². The third-order valence-electron chi connectivity index (χ3n) is 4.36. The summed E-state index contributed by atoms with van der Waals surface area (Å²) in [6.45, 7) is 5.02. The minimum Gasteiger partial charge on any atom is -0.426 e. The van der Waals surface area contributed by atoms with E-state index in [2.05, 4.69) is 6.92 Å². The van der Waals surface area contributed by atoms with Gasteiger partial charge in [-0.25, -0.2) is 0 Å². The molecule has 0 saturated carbocycles. The number of hydrogen-bond donors (Lipinski definition) is 0. The van der Waals surface area contributed by atoms with Crippen molar-refractivity contribution in [1.29, 1.82) is 0 Å². The molecular formula is C19H26O4. The Bertz CT molecular complexity index is 577. The Morgan fingerprint density at radius 3 is 2.22 bits per heavy atom. The molecule has 1 aliphatic rings. The summed E-state index contributed by atoms with van der Waals surface area (Å²) in [6, 6.07) is 3.48. The number of unbranched alkanes of at least 4 members (excludes halogenated alkanes) is 2. The van der Waals surface area contributed by atoms with Crippen LogP contribution in [-0.2, 0) is 22.4 Å². The summed E-state index contributed by atoms with van der Waals surface area (Å²) in [5, 5.41) is 0. The first-order chi connectivity index (χ1) is 11.0. The minimum absolute atomic E-state index is 0.319. The summed E-state index contributed by atoms with van der Waals surface area (Å²) in [7, 11) is 0. The molecule has 126 valence electrons. The predicted molar refractivity (Wildman–Crippen MR) is 88.7 cm³/mol. The lowest BCUT2D eigenvalue weighted by molar-refractivity contribution is -0.133. The molecule has 0 fully saturated rings. The fourth-order valence-electron chi connectivity index (χ4n) is 3.32. The quantitative estimate of drug-likeness (QED) is 0.447. The van der Waals surface area contributed by atoms with Crippen LogP contribution in [0.25, 0.3) is 0 Å². The van der Waals surface area contributed by atoms with Crippen molar-refractivity contribution < 1.29 is 19.1 Å². The van der Waals surface area contributed by atoms with E-state index in [9.17, 15) is 9.59 Å². The van der Waals surface area contributed by atoms with Crippen molar-refractivity contribution in [2.45, 2.75) is 65.7 Å². The van der Waals surface area contributed by atoms with Crippen LogP contribution in [-0.4, -0.2) is 11.9 Å². The van der Waals surface area contributed by atoms with Gasteiger partial charge in [0.1, 0.15) is 11.5 Å². The van der Waals surface area contributed by atoms with Gasteiger partial charge in [-0.15, -0.1) is 0 Å². The second kappa shape index (κ2) is 8.14. The van der Waals surface area contributed by atoms with Gasteiger partial charge in [0.25, 0.3) is 0 Å². The number of fused-ring (bicyclic) bond motifs is 1. The van der Waals surface area contributed by atoms with Gasteiger partial charge in [-0.3, -0.25) is 9.59 Å². The van der Waals surface area contributed by atoms with Gasteiger partial charge in [0.05, 0.1) is 0 Å². The summed E-state index contributed by atoms with van der Waals surface area (Å²) in [5.74, 6) is 1.19. The number of esters is 2. The van der Waals surface area contributed by atoms with Gasteiger partial charge >= 0.3 is 11.9 Å². The SMILES string of the molecule is CCCCCC1CCc2c(OC(C)=O)ccc(OC(C)=O)c2C1. The standard InChI is InChI=1S/C19H26O4/c1-4-5-6-7-15-8-9-16-17(12-15)19(23-14(3)21)11-10-18(16)22-13(2)20/h10-11,15H,4-9,12H2,1-3H3. The average Bonchev–Trinajstić information content (AvgIpc) is 2.49. The molecule has 1 aromatic rings. The molecule has 23 heavy (non-hydrogen) atoms. The summed E-state index contributed by atoms with van der Waals surface area (Å²) in [6.07, 6.45) is 7.76. The Hall–Kier alpha value is -1.84. The Balaban J connectivity index is 2.24. The Kier molecular flexibility index (Phi) is 6.20. The summed E-state index contributed by atoms with van der Waals surface area (Å²) >= 11 is 0. The van der Waals surface area contributed by atoms with Crippen LogP contribution in [0.2, 0.25) is 0 Å². The Morgan fingerprint density at radius 2 is 1.65 bits per heavy atom. The normalized spacial score (nSPS) is 16.6. The van der Waals surface area contributed by atoms with Crippen molar-refractivity contribution >= 4 is 11.9 Å². The van der Waals surface area contributed by atoms with Gasteiger partial charge in [-0.2, -0.15) is 0 Å². The molecular weight excluding hydrogens is 292 g/mol. The van der Waals surface area contributed by atoms with Crippen LogP contribution in [0.1, 0.15) is 64.0 Å². The topological polar surface area (TPSA) is 52.6 Å². The maximum atomic E-state index is 11.3. The minimum atomic E-state index is -0.322. The number of carbonyl (C=O) groups excluding carboxylic acids is 2. The highest BCUT2D eigenvalue weighted by Gasteiger charge is 2.25. The molecule has 2 rings (SSSR count). The molecule has 0 spiro atoms. The summed E-state index contributed by atoms with van der Waals surface area (Å²) in [5.41, 5.74) is 2.05. The highest BCUT2D eigenvalue weighted by molar-refractivity contribution is 5.72. The molecule has 0 saturated heterocycles. The van der Waals surface area contributed by atoms with Crippen molar-refractivity contribution in [3.05, 3.63) is 23.3 Å². The third-order valence-corrected chi connectivity index (χ3v) is 4.36. The third kappa shape index (κ3) is 4.81. The van der Waals surface area contributed by atoms with Crippen molar-refractivity contribution in [2.24, 2.45) is 5.92 Å². The van der Waals surface area contributed by atoms with Gasteiger partial charge in [0, 0.05) is 25.0 Å². The van der Waals surface area contributed by atoms with E-state index in [1.807, 2.05) is 0 Å². The van der Waals surface area contributed by atoms with E-state index in [4.69, 9.17) is 9.47 Å². The summed E-state index contributed by atoms with van der Waals surface area (Å²) in [4.78, 5) is 22.6. The van der Waals surface area contributed by atoms with E-state index < -0.39 is 0 Å². The lowest BCUT2D eigenvalue weighted by Gasteiger charge is -2.27. The Labute approximate surface area is 138 Å². The fourth-order valence-corrected chi connectivity index (χ4v) is 3.32. The van der Waals surface area contributed by atoms with Crippen molar-refractivity contribution in [3.63, 3.8) is 0 Å².